The van der Waals surface area contributed by atoms with Crippen molar-refractivity contribution >= 4 is 29.0 Å². The molecule has 1 aliphatic heterocycles. The maximum atomic E-state index is 12.6. The van der Waals surface area contributed by atoms with E-state index in [0.717, 1.165) is 6.42 Å². The van der Waals surface area contributed by atoms with E-state index in [1.807, 2.05) is 11.8 Å². The number of anilines is 2. The number of benzene rings is 2. The van der Waals surface area contributed by atoms with Crippen LogP contribution in [0.5, 0.6) is 0 Å². The zero-order valence-corrected chi connectivity index (χ0v) is 16.1. The summed E-state index contributed by atoms with van der Waals surface area (Å²) in [5.74, 6) is 0.775. The number of rotatable bonds is 4. The Hall–Kier alpha value is -1.94. The van der Waals surface area contributed by atoms with Crippen LogP contribution >= 0.6 is 11.8 Å². The quantitative estimate of drug-likeness (QED) is 0.789. The van der Waals surface area contributed by atoms with Gasteiger partial charge in [0, 0.05) is 28.8 Å². The van der Waals surface area contributed by atoms with Crippen LogP contribution in [0.15, 0.2) is 58.3 Å². The highest BCUT2D eigenvalue weighted by Crippen LogP contribution is 2.47. The number of carbonyl (C=O) groups excluding carboxylic acids is 1. The largest absolute Gasteiger partial charge is 0.353 e. The maximum Gasteiger partial charge on any atom is 0.222 e. The summed E-state index contributed by atoms with van der Waals surface area (Å²) < 4.78 is 0. The van der Waals surface area contributed by atoms with Gasteiger partial charge >= 0.3 is 0 Å². The van der Waals surface area contributed by atoms with E-state index in [1.54, 1.807) is 0 Å². The lowest BCUT2D eigenvalue weighted by Gasteiger charge is -2.33. The van der Waals surface area contributed by atoms with Gasteiger partial charge in [-0.3, -0.25) is 4.79 Å². The van der Waals surface area contributed by atoms with Gasteiger partial charge in [0.1, 0.15) is 0 Å². The van der Waals surface area contributed by atoms with E-state index in [0.29, 0.717) is 24.9 Å². The highest BCUT2D eigenvalue weighted by molar-refractivity contribution is 7.99. The molecule has 1 N–H and O–H groups in total. The van der Waals surface area contributed by atoms with Gasteiger partial charge in [-0.25, -0.2) is 0 Å². The zero-order valence-electron chi connectivity index (χ0n) is 15.3. The summed E-state index contributed by atoms with van der Waals surface area (Å²) in [6.45, 7) is 2.97. The number of para-hydroxylation sites is 2. The predicted octanol–water partition coefficient (Wildman–Crippen LogP) is 5.37. The van der Waals surface area contributed by atoms with Gasteiger partial charge in [0.05, 0.1) is 11.4 Å². The lowest BCUT2D eigenvalue weighted by Crippen LogP contribution is -2.42. The molecule has 0 saturated heterocycles. The molecule has 1 fully saturated rings. The monoisotopic (exact) mass is 366 g/mol. The third-order valence-electron chi connectivity index (χ3n) is 5.55. The molecule has 1 aliphatic carbocycles. The normalized spacial score (nSPS) is 21.7. The molecule has 2 aliphatic rings. The predicted molar refractivity (Wildman–Crippen MR) is 108 cm³/mol. The van der Waals surface area contributed by atoms with Crippen molar-refractivity contribution in [2.24, 2.45) is 5.92 Å². The molecular weight excluding hydrogens is 340 g/mol. The summed E-state index contributed by atoms with van der Waals surface area (Å²) in [6, 6.07) is 17.3. The lowest BCUT2D eigenvalue weighted by molar-refractivity contribution is -0.122. The topological polar surface area (TPSA) is 32.3 Å². The third-order valence-corrected chi connectivity index (χ3v) is 6.68. The van der Waals surface area contributed by atoms with E-state index >= 15 is 0 Å². The first-order valence-electron chi connectivity index (χ1n) is 9.65. The second-order valence-electron chi connectivity index (χ2n) is 7.37. The molecule has 0 bridgehead atoms. The van der Waals surface area contributed by atoms with Crippen molar-refractivity contribution in [2.45, 2.75) is 54.9 Å². The van der Waals surface area contributed by atoms with E-state index in [9.17, 15) is 4.79 Å². The van der Waals surface area contributed by atoms with Crippen molar-refractivity contribution in [1.82, 2.24) is 5.32 Å². The van der Waals surface area contributed by atoms with Crippen LogP contribution in [0.2, 0.25) is 0 Å². The zero-order chi connectivity index (χ0) is 17.9. The molecule has 2 aromatic rings. The minimum Gasteiger partial charge on any atom is -0.353 e. The summed E-state index contributed by atoms with van der Waals surface area (Å²) in [7, 11) is 0. The van der Waals surface area contributed by atoms with E-state index in [-0.39, 0.29) is 5.91 Å². The van der Waals surface area contributed by atoms with Crippen LogP contribution in [0.4, 0.5) is 11.4 Å². The van der Waals surface area contributed by atoms with Crippen molar-refractivity contribution in [3.05, 3.63) is 48.5 Å². The first-order chi connectivity index (χ1) is 12.7. The van der Waals surface area contributed by atoms with E-state index in [4.69, 9.17) is 0 Å². The van der Waals surface area contributed by atoms with Gasteiger partial charge in [-0.1, -0.05) is 55.8 Å². The van der Waals surface area contributed by atoms with Gasteiger partial charge in [0.2, 0.25) is 5.91 Å². The fourth-order valence-electron chi connectivity index (χ4n) is 4.05. The molecule has 2 aromatic carbocycles. The maximum absolute atomic E-state index is 12.6. The number of fused-ring (bicyclic) bond motifs is 2. The van der Waals surface area contributed by atoms with Crippen molar-refractivity contribution in [1.29, 1.82) is 0 Å². The summed E-state index contributed by atoms with van der Waals surface area (Å²) in [5, 5.41) is 3.29. The van der Waals surface area contributed by atoms with Crippen molar-refractivity contribution < 1.29 is 4.79 Å². The van der Waals surface area contributed by atoms with Crippen molar-refractivity contribution in [3.63, 3.8) is 0 Å². The minimum atomic E-state index is 0.178. The second kappa shape index (κ2) is 7.75. The first kappa shape index (κ1) is 17.5. The Kier molecular flexibility index (Phi) is 5.21. The van der Waals surface area contributed by atoms with Crippen LogP contribution in [0, 0.1) is 5.92 Å². The minimum absolute atomic E-state index is 0.178. The molecule has 1 heterocycles. The molecule has 0 spiro atoms. The van der Waals surface area contributed by atoms with Crippen molar-refractivity contribution in [2.75, 3.05) is 11.4 Å². The lowest BCUT2D eigenvalue weighted by atomic mass is 9.86. The Morgan fingerprint density at radius 2 is 1.65 bits per heavy atom. The third kappa shape index (κ3) is 3.61. The number of carbonyl (C=O) groups is 1. The van der Waals surface area contributed by atoms with Gasteiger partial charge in [-0.15, -0.1) is 0 Å². The first-order valence-corrected chi connectivity index (χ1v) is 10.5. The molecule has 0 radical (unpaired) electrons. The summed E-state index contributed by atoms with van der Waals surface area (Å²) in [6.07, 6.45) is 5.41. The number of nitrogens with zero attached hydrogens (tertiary/aromatic N) is 1. The van der Waals surface area contributed by atoms with Gasteiger partial charge in [0.25, 0.3) is 0 Å². The molecule has 1 amide bonds. The molecule has 3 nitrogen and oxygen atoms in total. The number of hydrogen-bond acceptors (Lipinski definition) is 3. The Balaban J connectivity index is 1.47. The van der Waals surface area contributed by atoms with Crippen LogP contribution < -0.4 is 10.2 Å². The fraction of sp³-hybridized carbons (Fsp3) is 0.409. The van der Waals surface area contributed by atoms with E-state index in [2.05, 4.69) is 65.7 Å². The number of hydrogen-bond donors (Lipinski definition) is 1. The Bertz CT molecular complexity index is 746. The molecule has 136 valence electrons. The molecule has 0 unspecified atom stereocenters. The standard InChI is InChI=1S/C22H26N2OS/c1-16-8-2-3-9-17(16)23-22(25)14-15-24-18-10-4-6-12-20(18)26-21-13-7-5-11-19(21)24/h4-7,10-13,16-17H,2-3,8-9,14-15H2,1H3,(H,23,25)/t16-,17-/m1/s1. The molecule has 2 atom stereocenters. The molecular formula is C22H26N2OS. The molecule has 1 saturated carbocycles. The highest BCUT2D eigenvalue weighted by Gasteiger charge is 2.25. The van der Waals surface area contributed by atoms with Gasteiger partial charge in [0.15, 0.2) is 0 Å². The summed E-state index contributed by atoms with van der Waals surface area (Å²) in [5.41, 5.74) is 2.41. The molecule has 0 aromatic heterocycles. The van der Waals surface area contributed by atoms with Gasteiger partial charge < -0.3 is 10.2 Å². The van der Waals surface area contributed by atoms with Crippen LogP contribution in [-0.2, 0) is 4.79 Å². The van der Waals surface area contributed by atoms with Crippen LogP contribution in [-0.4, -0.2) is 18.5 Å². The Morgan fingerprint density at radius 3 is 2.31 bits per heavy atom. The fourth-order valence-corrected chi connectivity index (χ4v) is 5.14. The molecule has 26 heavy (non-hydrogen) atoms. The smallest absolute Gasteiger partial charge is 0.222 e. The molecule has 4 heteroatoms. The SMILES string of the molecule is C[C@@H]1CCCC[C@H]1NC(=O)CCN1c2ccccc2Sc2ccccc21. The average Bonchev–Trinajstić information content (AvgIpc) is 2.67. The number of amides is 1. The average molecular weight is 367 g/mol. The van der Waals surface area contributed by atoms with E-state index < -0.39 is 0 Å². The van der Waals surface area contributed by atoms with Crippen LogP contribution in [0.1, 0.15) is 39.0 Å². The Morgan fingerprint density at radius 1 is 1.04 bits per heavy atom. The van der Waals surface area contributed by atoms with Gasteiger partial charge in [-0.2, -0.15) is 0 Å². The van der Waals surface area contributed by atoms with E-state index in [1.165, 1.54) is 40.4 Å². The van der Waals surface area contributed by atoms with Gasteiger partial charge in [-0.05, 0) is 43.0 Å². The second-order valence-corrected chi connectivity index (χ2v) is 8.46. The molecule has 4 rings (SSSR count). The highest BCUT2D eigenvalue weighted by atomic mass is 32.2. The van der Waals surface area contributed by atoms with Crippen molar-refractivity contribution in [3.8, 4) is 0 Å². The Labute approximate surface area is 160 Å². The summed E-state index contributed by atoms with van der Waals surface area (Å²) >= 11 is 1.81. The summed E-state index contributed by atoms with van der Waals surface area (Å²) in [4.78, 5) is 17.4. The van der Waals surface area contributed by atoms with Crippen LogP contribution in [0.25, 0.3) is 0 Å². The van der Waals surface area contributed by atoms with Crippen LogP contribution in [0.3, 0.4) is 0 Å². The number of nitrogens with one attached hydrogen (secondary N) is 1.